The molecule has 0 amide bonds. The molecule has 6 heteroatoms. The minimum Gasteiger partial charge on any atom is -0.351 e. The van der Waals surface area contributed by atoms with Gasteiger partial charge in [-0.25, -0.2) is 4.98 Å². The lowest BCUT2D eigenvalue weighted by Crippen LogP contribution is -2.52. The summed E-state index contributed by atoms with van der Waals surface area (Å²) in [6.07, 6.45) is 4.46. The van der Waals surface area contributed by atoms with Crippen LogP contribution in [0.4, 0.5) is 0 Å². The lowest BCUT2D eigenvalue weighted by Gasteiger charge is -2.36. The second kappa shape index (κ2) is 9.67. The van der Waals surface area contributed by atoms with Crippen molar-refractivity contribution in [3.05, 3.63) is 57.6 Å². The van der Waals surface area contributed by atoms with E-state index in [1.165, 1.54) is 10.4 Å². The molecule has 0 unspecified atom stereocenters. The normalized spacial score (nSPS) is 16.3. The highest BCUT2D eigenvalue weighted by Crippen LogP contribution is 2.16. The molecule has 5 nitrogen and oxygen atoms in total. The Bertz CT molecular complexity index is 773. The van der Waals surface area contributed by atoms with Gasteiger partial charge in [0.15, 0.2) is 5.96 Å². The van der Waals surface area contributed by atoms with Gasteiger partial charge in [-0.15, -0.1) is 11.3 Å². The number of guanidine groups is 1. The third-order valence-corrected chi connectivity index (χ3v) is 5.84. The molecule has 0 aliphatic carbocycles. The highest BCUT2D eigenvalue weighted by molar-refractivity contribution is 7.11. The largest absolute Gasteiger partial charge is 0.351 e. The molecule has 1 aliphatic rings. The molecule has 2 aromatic rings. The van der Waals surface area contributed by atoms with Gasteiger partial charge in [0.05, 0.1) is 17.2 Å². The third-order valence-electron chi connectivity index (χ3n) is 4.76. The average molecular weight is 384 g/mol. The topological polar surface area (TPSA) is 43.8 Å². The van der Waals surface area contributed by atoms with E-state index in [2.05, 4.69) is 81.4 Å². The molecule has 0 bridgehead atoms. The maximum atomic E-state index is 4.50. The van der Waals surface area contributed by atoms with Crippen molar-refractivity contribution < 1.29 is 0 Å². The Labute approximate surface area is 166 Å². The van der Waals surface area contributed by atoms with E-state index in [0.717, 1.165) is 55.9 Å². The first-order chi connectivity index (χ1) is 13.2. The van der Waals surface area contributed by atoms with Crippen molar-refractivity contribution in [2.24, 2.45) is 4.99 Å². The van der Waals surface area contributed by atoms with E-state index in [4.69, 9.17) is 0 Å². The second-order valence-electron chi connectivity index (χ2n) is 6.74. The summed E-state index contributed by atoms with van der Waals surface area (Å²) in [4.78, 5) is 15.1. The molecule has 3 rings (SSSR count). The number of rotatable bonds is 5. The van der Waals surface area contributed by atoms with Crippen LogP contribution in [0.5, 0.6) is 0 Å². The fourth-order valence-corrected chi connectivity index (χ4v) is 4.15. The molecule has 0 radical (unpaired) electrons. The van der Waals surface area contributed by atoms with Gasteiger partial charge in [0.25, 0.3) is 0 Å². The standard InChI is InChI=1S/C21H29N5S/c1-17-20(27-18(2)24-17)16-23-21(22-3)26-14-12-25(13-15-26)11-7-10-19-8-5-4-6-9-19/h4-10H,11-16H2,1-3H3,(H,22,23)/b10-7+. The molecule has 144 valence electrons. The van der Waals surface area contributed by atoms with Crippen LogP contribution in [0, 0.1) is 13.8 Å². The van der Waals surface area contributed by atoms with Crippen molar-refractivity contribution in [3.8, 4) is 0 Å². The predicted octanol–water partition coefficient (Wildman–Crippen LogP) is 3.17. The zero-order chi connectivity index (χ0) is 19.1. The number of nitrogens with zero attached hydrogens (tertiary/aromatic N) is 4. The lowest BCUT2D eigenvalue weighted by atomic mass is 10.2. The van der Waals surface area contributed by atoms with E-state index < -0.39 is 0 Å². The van der Waals surface area contributed by atoms with Crippen molar-refractivity contribution in [2.75, 3.05) is 39.8 Å². The summed E-state index contributed by atoms with van der Waals surface area (Å²) in [5.74, 6) is 0.986. The summed E-state index contributed by atoms with van der Waals surface area (Å²) in [5.41, 5.74) is 2.38. The Morgan fingerprint density at radius 2 is 1.93 bits per heavy atom. The number of aryl methyl sites for hydroxylation is 2. The predicted molar refractivity (Wildman–Crippen MR) is 115 cm³/mol. The Morgan fingerprint density at radius 1 is 1.19 bits per heavy atom. The molecule has 0 atom stereocenters. The Kier molecular flexibility index (Phi) is 7.01. The Morgan fingerprint density at radius 3 is 2.56 bits per heavy atom. The van der Waals surface area contributed by atoms with Crippen LogP contribution in [-0.4, -0.2) is 60.5 Å². The van der Waals surface area contributed by atoms with Crippen LogP contribution < -0.4 is 5.32 Å². The maximum absolute atomic E-state index is 4.50. The quantitative estimate of drug-likeness (QED) is 0.636. The minimum atomic E-state index is 0.796. The van der Waals surface area contributed by atoms with Crippen LogP contribution in [0.15, 0.2) is 41.4 Å². The number of thiazole rings is 1. The molecule has 27 heavy (non-hydrogen) atoms. The van der Waals surface area contributed by atoms with E-state index in [0.29, 0.717) is 0 Å². The molecule has 1 fully saturated rings. The van der Waals surface area contributed by atoms with Gasteiger partial charge < -0.3 is 10.2 Å². The number of hydrogen-bond donors (Lipinski definition) is 1. The van der Waals surface area contributed by atoms with Gasteiger partial charge in [-0.1, -0.05) is 42.5 Å². The van der Waals surface area contributed by atoms with Crippen molar-refractivity contribution in [2.45, 2.75) is 20.4 Å². The first-order valence-corrected chi connectivity index (χ1v) is 10.3. The van der Waals surface area contributed by atoms with Crippen molar-refractivity contribution >= 4 is 23.4 Å². The zero-order valence-electron chi connectivity index (χ0n) is 16.5. The molecule has 1 aromatic heterocycles. The van der Waals surface area contributed by atoms with Gasteiger partial charge in [0, 0.05) is 44.6 Å². The average Bonchev–Trinajstić information content (AvgIpc) is 3.01. The van der Waals surface area contributed by atoms with Crippen molar-refractivity contribution in [1.82, 2.24) is 20.1 Å². The van der Waals surface area contributed by atoms with Gasteiger partial charge >= 0.3 is 0 Å². The van der Waals surface area contributed by atoms with E-state index in [9.17, 15) is 0 Å². The van der Waals surface area contributed by atoms with Gasteiger partial charge in [-0.3, -0.25) is 9.89 Å². The molecule has 0 saturated carbocycles. The van der Waals surface area contributed by atoms with Crippen LogP contribution in [-0.2, 0) is 6.54 Å². The number of piperazine rings is 1. The SMILES string of the molecule is CN=C(NCc1sc(C)nc1C)N1CCN(C/C=C/c2ccccc2)CC1. The molecule has 2 heterocycles. The van der Waals surface area contributed by atoms with Crippen LogP contribution >= 0.6 is 11.3 Å². The number of aliphatic imine (C=N–C) groups is 1. The molecule has 0 spiro atoms. The van der Waals surface area contributed by atoms with E-state index in [1.807, 2.05) is 7.05 Å². The zero-order valence-corrected chi connectivity index (χ0v) is 17.3. The van der Waals surface area contributed by atoms with E-state index in [-0.39, 0.29) is 0 Å². The third kappa shape index (κ3) is 5.65. The fraction of sp³-hybridized carbons (Fsp3) is 0.429. The molecule has 1 aliphatic heterocycles. The van der Waals surface area contributed by atoms with Crippen LogP contribution in [0.25, 0.3) is 6.08 Å². The first-order valence-electron chi connectivity index (χ1n) is 9.48. The lowest BCUT2D eigenvalue weighted by molar-refractivity contribution is 0.194. The fourth-order valence-electron chi connectivity index (χ4n) is 3.27. The Hall–Kier alpha value is -2.18. The second-order valence-corrected chi connectivity index (χ2v) is 8.03. The highest BCUT2D eigenvalue weighted by atomic mass is 32.1. The molecular weight excluding hydrogens is 354 g/mol. The van der Waals surface area contributed by atoms with Gasteiger partial charge in [0.1, 0.15) is 0 Å². The van der Waals surface area contributed by atoms with Crippen LogP contribution in [0.2, 0.25) is 0 Å². The summed E-state index contributed by atoms with van der Waals surface area (Å²) in [7, 11) is 1.86. The van der Waals surface area contributed by atoms with Crippen LogP contribution in [0.1, 0.15) is 21.1 Å². The van der Waals surface area contributed by atoms with Gasteiger partial charge in [0.2, 0.25) is 0 Å². The number of aromatic nitrogens is 1. The Balaban J connectivity index is 1.44. The molecule has 1 N–H and O–H groups in total. The summed E-state index contributed by atoms with van der Waals surface area (Å²) in [6.45, 7) is 10.0. The van der Waals surface area contributed by atoms with Crippen molar-refractivity contribution in [1.29, 1.82) is 0 Å². The highest BCUT2D eigenvalue weighted by Gasteiger charge is 2.19. The molecular formula is C21H29N5S. The molecule has 1 saturated heterocycles. The monoisotopic (exact) mass is 383 g/mol. The summed E-state index contributed by atoms with van der Waals surface area (Å²) in [5, 5.41) is 4.62. The summed E-state index contributed by atoms with van der Waals surface area (Å²) < 4.78 is 0. The minimum absolute atomic E-state index is 0.796. The van der Waals surface area contributed by atoms with Crippen molar-refractivity contribution in [3.63, 3.8) is 0 Å². The molecule has 1 aromatic carbocycles. The van der Waals surface area contributed by atoms with Crippen LogP contribution in [0.3, 0.4) is 0 Å². The summed E-state index contributed by atoms with van der Waals surface area (Å²) in [6, 6.07) is 10.5. The number of nitrogens with one attached hydrogen (secondary N) is 1. The van der Waals surface area contributed by atoms with Gasteiger partial charge in [-0.05, 0) is 19.4 Å². The first kappa shape index (κ1) is 19.6. The number of benzene rings is 1. The van der Waals surface area contributed by atoms with E-state index in [1.54, 1.807) is 11.3 Å². The number of hydrogen-bond acceptors (Lipinski definition) is 4. The maximum Gasteiger partial charge on any atom is 0.194 e. The van der Waals surface area contributed by atoms with Gasteiger partial charge in [-0.2, -0.15) is 0 Å². The van der Waals surface area contributed by atoms with E-state index >= 15 is 0 Å². The smallest absolute Gasteiger partial charge is 0.194 e. The summed E-state index contributed by atoms with van der Waals surface area (Å²) >= 11 is 1.76.